The van der Waals surface area contributed by atoms with Gasteiger partial charge in [-0.1, -0.05) is 0 Å². The molecular weight excluding hydrogens is 454 g/mol. The van der Waals surface area contributed by atoms with Gasteiger partial charge >= 0.3 is 18.5 Å². The summed E-state index contributed by atoms with van der Waals surface area (Å²) in [5.41, 5.74) is 0.741. The molecule has 0 spiro atoms. The Morgan fingerprint density at radius 2 is 1.67 bits per heavy atom. The number of hydrogen-bond acceptors (Lipinski definition) is 4. The number of ether oxygens (including phenoxy) is 2. The van der Waals surface area contributed by atoms with Crippen LogP contribution < -0.4 is 9.64 Å². The fraction of sp³-hybridized carbons (Fsp3) is 0.318. The molecule has 0 saturated carbocycles. The van der Waals surface area contributed by atoms with Gasteiger partial charge in [-0.2, -0.15) is 13.2 Å². The molecule has 1 saturated heterocycles. The molecule has 0 aliphatic carbocycles. The number of carbonyl (C=O) groups excluding carboxylic acids is 1. The normalized spacial score (nSPS) is 15.0. The number of hydrogen-bond donors (Lipinski definition) is 0. The van der Waals surface area contributed by atoms with E-state index in [0.717, 1.165) is 18.2 Å². The van der Waals surface area contributed by atoms with Crippen LogP contribution in [0.1, 0.15) is 11.1 Å². The van der Waals surface area contributed by atoms with E-state index in [1.165, 1.54) is 23.8 Å². The molecule has 1 aliphatic rings. The Bertz CT molecular complexity index is 1210. The van der Waals surface area contributed by atoms with E-state index in [1.807, 2.05) is 0 Å². The van der Waals surface area contributed by atoms with Crippen molar-refractivity contribution >= 4 is 22.6 Å². The minimum absolute atomic E-state index is 0.252. The minimum Gasteiger partial charge on any atom is -0.469 e. The van der Waals surface area contributed by atoms with Crippen LogP contribution in [0.15, 0.2) is 42.6 Å². The van der Waals surface area contributed by atoms with Crippen LogP contribution in [0.25, 0.3) is 16.6 Å². The highest BCUT2D eigenvalue weighted by Crippen LogP contribution is 2.37. The molecule has 2 heterocycles. The lowest BCUT2D eigenvalue weighted by atomic mass is 9.99. The molecule has 1 aliphatic heterocycles. The summed E-state index contributed by atoms with van der Waals surface area (Å²) in [5.74, 6) is -1.30. The number of esters is 1. The van der Waals surface area contributed by atoms with Gasteiger partial charge in [-0.3, -0.25) is 4.79 Å². The summed E-state index contributed by atoms with van der Waals surface area (Å²) in [6, 6.07) is 7.16. The second-order valence-corrected chi connectivity index (χ2v) is 7.77. The fourth-order valence-corrected chi connectivity index (χ4v) is 3.87. The van der Waals surface area contributed by atoms with Crippen molar-refractivity contribution in [3.63, 3.8) is 0 Å². The van der Waals surface area contributed by atoms with E-state index in [-0.39, 0.29) is 18.8 Å². The fourth-order valence-electron chi connectivity index (χ4n) is 3.87. The Labute approximate surface area is 184 Å². The number of carbonyl (C=O) groups is 1. The summed E-state index contributed by atoms with van der Waals surface area (Å²) < 4.78 is 88.4. The summed E-state index contributed by atoms with van der Waals surface area (Å²) in [6.45, 7) is 2.12. The van der Waals surface area contributed by atoms with Crippen molar-refractivity contribution in [3.05, 3.63) is 53.7 Å². The number of aromatic nitrogens is 1. The smallest absolute Gasteiger partial charge is 0.469 e. The quantitative estimate of drug-likeness (QED) is 0.374. The number of anilines is 1. The maximum Gasteiger partial charge on any atom is 0.573 e. The van der Waals surface area contributed by atoms with E-state index in [1.54, 1.807) is 24.1 Å². The number of fused-ring (bicyclic) bond motifs is 1. The van der Waals surface area contributed by atoms with Crippen molar-refractivity contribution in [2.45, 2.75) is 19.5 Å². The Balaban J connectivity index is 1.77. The van der Waals surface area contributed by atoms with Crippen LogP contribution in [-0.4, -0.2) is 37.1 Å². The summed E-state index contributed by atoms with van der Waals surface area (Å²) in [7, 11) is 1.25. The Morgan fingerprint density at radius 1 is 1.00 bits per heavy atom. The topological polar surface area (TPSA) is 43.7 Å². The average Bonchev–Trinajstić information content (AvgIpc) is 3.01. The van der Waals surface area contributed by atoms with Crippen molar-refractivity contribution < 1.29 is 40.6 Å². The number of nitrogens with zero attached hydrogens (tertiary/aromatic N) is 2. The van der Waals surface area contributed by atoms with E-state index >= 15 is 0 Å². The van der Waals surface area contributed by atoms with Crippen LogP contribution in [0, 0.1) is 12.8 Å². The van der Waals surface area contributed by atoms with Crippen LogP contribution >= 0.6 is 0 Å². The lowest BCUT2D eigenvalue weighted by Crippen LogP contribution is -2.50. The van der Waals surface area contributed by atoms with Gasteiger partial charge in [0, 0.05) is 42.5 Å². The Hall–Kier alpha value is -3.37. The van der Waals surface area contributed by atoms with Gasteiger partial charge in [0.05, 0.1) is 29.8 Å². The first-order valence-electron chi connectivity index (χ1n) is 9.78. The molecule has 0 bridgehead atoms. The van der Waals surface area contributed by atoms with Crippen LogP contribution in [0.2, 0.25) is 0 Å². The lowest BCUT2D eigenvalue weighted by molar-refractivity contribution is -0.274. The van der Waals surface area contributed by atoms with E-state index in [2.05, 4.69) is 9.47 Å². The van der Waals surface area contributed by atoms with Crippen LogP contribution in [-0.2, 0) is 15.7 Å². The second kappa shape index (κ2) is 7.89. The van der Waals surface area contributed by atoms with Gasteiger partial charge in [0.15, 0.2) is 0 Å². The van der Waals surface area contributed by atoms with E-state index < -0.39 is 35.7 Å². The van der Waals surface area contributed by atoms with Crippen molar-refractivity contribution in [1.29, 1.82) is 0 Å². The highest BCUT2D eigenvalue weighted by molar-refractivity contribution is 5.86. The van der Waals surface area contributed by atoms with Crippen molar-refractivity contribution in [3.8, 4) is 11.4 Å². The van der Waals surface area contributed by atoms with Crippen molar-refractivity contribution in [2.75, 3.05) is 25.1 Å². The molecule has 0 N–H and O–H groups in total. The molecule has 0 amide bonds. The molecule has 4 rings (SSSR count). The molecule has 1 aromatic heterocycles. The van der Waals surface area contributed by atoms with Gasteiger partial charge in [0.25, 0.3) is 0 Å². The van der Waals surface area contributed by atoms with Crippen LogP contribution in [0.4, 0.5) is 32.0 Å². The van der Waals surface area contributed by atoms with Gasteiger partial charge in [-0.05, 0) is 36.8 Å². The summed E-state index contributed by atoms with van der Waals surface area (Å²) in [4.78, 5) is 13.3. The highest BCUT2D eigenvalue weighted by Gasteiger charge is 2.36. The molecular formula is C22H18F6N2O3. The zero-order valence-corrected chi connectivity index (χ0v) is 17.4. The number of alkyl halides is 6. The molecule has 2 aromatic carbocycles. The van der Waals surface area contributed by atoms with Gasteiger partial charge in [0.2, 0.25) is 0 Å². The predicted octanol–water partition coefficient (Wildman–Crippen LogP) is 5.47. The van der Waals surface area contributed by atoms with Gasteiger partial charge in [-0.15, -0.1) is 13.2 Å². The van der Waals surface area contributed by atoms with Crippen molar-refractivity contribution in [2.24, 2.45) is 5.92 Å². The molecule has 1 fully saturated rings. The SMILES string of the molecule is COC(=O)C1CN(c2cc(OC(F)(F)F)cc(-n3cc(C)c4cc(C(F)(F)F)ccc43)c2)C1. The number of methoxy groups -OCH3 is 1. The van der Waals surface area contributed by atoms with Crippen LogP contribution in [0.5, 0.6) is 5.75 Å². The zero-order chi connectivity index (χ0) is 24.1. The first-order valence-corrected chi connectivity index (χ1v) is 9.78. The summed E-state index contributed by atoms with van der Waals surface area (Å²) in [5, 5.41) is 0.322. The zero-order valence-electron chi connectivity index (χ0n) is 17.4. The van der Waals surface area contributed by atoms with E-state index in [0.29, 0.717) is 22.2 Å². The Morgan fingerprint density at radius 3 is 2.27 bits per heavy atom. The van der Waals surface area contributed by atoms with E-state index in [9.17, 15) is 31.1 Å². The standard InChI is InChI=1S/C22H18F6N2O3/c1-12-9-30(19-4-3-14(5-18(12)19)21(23,24)25)16-6-15(7-17(8-16)33-22(26,27)28)29-10-13(11-29)20(31)32-2/h3-9,13H,10-11H2,1-2H3. The van der Waals surface area contributed by atoms with Crippen molar-refractivity contribution in [1.82, 2.24) is 4.57 Å². The number of benzene rings is 2. The van der Waals surface area contributed by atoms with Gasteiger partial charge < -0.3 is 18.9 Å². The molecule has 11 heteroatoms. The number of rotatable bonds is 4. The molecule has 5 nitrogen and oxygen atoms in total. The summed E-state index contributed by atoms with van der Waals surface area (Å²) in [6.07, 6.45) is -7.91. The third kappa shape index (κ3) is 4.57. The molecule has 176 valence electrons. The third-order valence-electron chi connectivity index (χ3n) is 5.50. The molecule has 0 unspecified atom stereocenters. The minimum atomic E-state index is -4.93. The molecule has 33 heavy (non-hydrogen) atoms. The highest BCUT2D eigenvalue weighted by atomic mass is 19.4. The first-order chi connectivity index (χ1) is 15.4. The maximum absolute atomic E-state index is 13.1. The second-order valence-electron chi connectivity index (χ2n) is 7.77. The molecule has 0 radical (unpaired) electrons. The number of aryl methyl sites for hydroxylation is 1. The van der Waals surface area contributed by atoms with Gasteiger partial charge in [0.1, 0.15) is 5.75 Å². The van der Waals surface area contributed by atoms with Gasteiger partial charge in [-0.25, -0.2) is 0 Å². The molecule has 3 aromatic rings. The predicted molar refractivity (Wildman–Crippen MR) is 107 cm³/mol. The lowest BCUT2D eigenvalue weighted by Gasteiger charge is -2.39. The monoisotopic (exact) mass is 472 g/mol. The van der Waals surface area contributed by atoms with E-state index in [4.69, 9.17) is 0 Å². The first kappa shape index (κ1) is 22.8. The Kier molecular flexibility index (Phi) is 5.45. The summed E-state index contributed by atoms with van der Waals surface area (Å²) >= 11 is 0. The van der Waals surface area contributed by atoms with Crippen LogP contribution in [0.3, 0.4) is 0 Å². The third-order valence-corrected chi connectivity index (χ3v) is 5.50. The number of halogens is 6. The largest absolute Gasteiger partial charge is 0.573 e. The molecule has 0 atom stereocenters. The average molecular weight is 472 g/mol. The maximum atomic E-state index is 13.1.